The minimum absolute atomic E-state index is 0.793. The molecule has 1 nitrogen and oxygen atoms in total. The van der Waals surface area contributed by atoms with E-state index in [0.717, 1.165) is 23.8 Å². The second-order valence-corrected chi connectivity index (χ2v) is 5.49. The quantitative estimate of drug-likeness (QED) is 0.728. The molecule has 1 fully saturated rings. The molecule has 0 spiro atoms. The molecule has 90 valence electrons. The van der Waals surface area contributed by atoms with E-state index in [9.17, 15) is 0 Å². The number of hydrogen-bond donors (Lipinski definition) is 1. The summed E-state index contributed by atoms with van der Waals surface area (Å²) in [4.78, 5) is 0. The average molecular weight is 211 g/mol. The van der Waals surface area contributed by atoms with Crippen LogP contribution in [-0.2, 0) is 0 Å². The van der Waals surface area contributed by atoms with Crippen molar-refractivity contribution in [2.75, 3.05) is 7.05 Å². The third-order valence-electron chi connectivity index (χ3n) is 4.44. The Morgan fingerprint density at radius 2 is 2.00 bits per heavy atom. The highest BCUT2D eigenvalue weighted by Crippen LogP contribution is 2.35. The van der Waals surface area contributed by atoms with Crippen molar-refractivity contribution >= 4 is 0 Å². The molecule has 1 heteroatoms. The van der Waals surface area contributed by atoms with Gasteiger partial charge in [0.05, 0.1) is 0 Å². The Kier molecular flexibility index (Phi) is 5.66. The fourth-order valence-electron chi connectivity index (χ4n) is 3.06. The summed E-state index contributed by atoms with van der Waals surface area (Å²) in [6, 6.07) is 0.793. The maximum Gasteiger partial charge on any atom is 0.00926 e. The average Bonchev–Trinajstić information content (AvgIpc) is 2.28. The summed E-state index contributed by atoms with van der Waals surface area (Å²) in [5.74, 6) is 2.84. The molecule has 0 saturated heterocycles. The van der Waals surface area contributed by atoms with Crippen LogP contribution in [0.5, 0.6) is 0 Å². The normalized spacial score (nSPS) is 34.0. The molecule has 0 bridgehead atoms. The van der Waals surface area contributed by atoms with Crippen LogP contribution in [0.15, 0.2) is 0 Å². The molecular formula is C14H29N. The largest absolute Gasteiger partial charge is 0.317 e. The molecule has 1 aliphatic rings. The summed E-state index contributed by atoms with van der Waals surface area (Å²) in [6.07, 6.45) is 8.46. The molecule has 1 aliphatic carbocycles. The van der Waals surface area contributed by atoms with Crippen LogP contribution in [-0.4, -0.2) is 13.1 Å². The van der Waals surface area contributed by atoms with Crippen molar-refractivity contribution in [3.8, 4) is 0 Å². The van der Waals surface area contributed by atoms with E-state index in [-0.39, 0.29) is 0 Å². The van der Waals surface area contributed by atoms with Gasteiger partial charge < -0.3 is 5.32 Å². The molecule has 0 heterocycles. The fourth-order valence-corrected chi connectivity index (χ4v) is 3.06. The number of nitrogens with one attached hydrogen (secondary N) is 1. The van der Waals surface area contributed by atoms with Crippen LogP contribution >= 0.6 is 0 Å². The van der Waals surface area contributed by atoms with Gasteiger partial charge in [-0.2, -0.15) is 0 Å². The zero-order chi connectivity index (χ0) is 11.3. The molecule has 0 aromatic carbocycles. The molecule has 15 heavy (non-hydrogen) atoms. The van der Waals surface area contributed by atoms with Gasteiger partial charge in [-0.1, -0.05) is 33.6 Å². The Hall–Kier alpha value is -0.0400. The van der Waals surface area contributed by atoms with E-state index in [1.165, 1.54) is 38.5 Å². The van der Waals surface area contributed by atoms with Gasteiger partial charge in [0.25, 0.3) is 0 Å². The van der Waals surface area contributed by atoms with E-state index < -0.39 is 0 Å². The zero-order valence-electron chi connectivity index (χ0n) is 11.1. The van der Waals surface area contributed by atoms with E-state index in [2.05, 4.69) is 33.1 Å². The molecule has 0 aromatic rings. The topological polar surface area (TPSA) is 12.0 Å². The highest BCUT2D eigenvalue weighted by atomic mass is 14.9. The lowest BCUT2D eigenvalue weighted by molar-refractivity contribution is 0.177. The van der Waals surface area contributed by atoms with E-state index >= 15 is 0 Å². The third-order valence-corrected chi connectivity index (χ3v) is 4.44. The molecule has 4 atom stereocenters. The lowest BCUT2D eigenvalue weighted by Crippen LogP contribution is -2.39. The van der Waals surface area contributed by atoms with Gasteiger partial charge in [-0.05, 0) is 50.5 Å². The second-order valence-electron chi connectivity index (χ2n) is 5.49. The van der Waals surface area contributed by atoms with Gasteiger partial charge in [0.1, 0.15) is 0 Å². The third kappa shape index (κ3) is 3.79. The fraction of sp³-hybridized carbons (Fsp3) is 1.00. The van der Waals surface area contributed by atoms with E-state index in [0.29, 0.717) is 0 Å². The first kappa shape index (κ1) is 13.0. The summed E-state index contributed by atoms with van der Waals surface area (Å²) in [7, 11) is 2.14. The van der Waals surface area contributed by atoms with Crippen molar-refractivity contribution in [2.45, 2.75) is 65.3 Å². The monoisotopic (exact) mass is 211 g/mol. The van der Waals surface area contributed by atoms with Crippen molar-refractivity contribution in [1.82, 2.24) is 5.32 Å². The van der Waals surface area contributed by atoms with Crippen LogP contribution in [0, 0.1) is 17.8 Å². The molecule has 1 rings (SSSR count). The van der Waals surface area contributed by atoms with Gasteiger partial charge >= 0.3 is 0 Å². The molecule has 0 aliphatic heterocycles. The Labute approximate surface area is 96.0 Å². The Bertz CT molecular complexity index is 165. The van der Waals surface area contributed by atoms with Gasteiger partial charge in [-0.15, -0.1) is 0 Å². The van der Waals surface area contributed by atoms with Crippen LogP contribution in [0.2, 0.25) is 0 Å². The van der Waals surface area contributed by atoms with Gasteiger partial charge in [-0.25, -0.2) is 0 Å². The lowest BCUT2D eigenvalue weighted by atomic mass is 9.73. The summed E-state index contributed by atoms with van der Waals surface area (Å²) in [6.45, 7) is 7.08. The van der Waals surface area contributed by atoms with Crippen molar-refractivity contribution < 1.29 is 0 Å². The van der Waals surface area contributed by atoms with Crippen LogP contribution in [0.1, 0.15) is 59.3 Å². The predicted octanol–water partition coefficient (Wildman–Crippen LogP) is 3.84. The first-order valence-corrected chi connectivity index (χ1v) is 6.88. The number of hydrogen-bond acceptors (Lipinski definition) is 1. The summed E-state index contributed by atoms with van der Waals surface area (Å²) >= 11 is 0. The van der Waals surface area contributed by atoms with Crippen LogP contribution in [0.25, 0.3) is 0 Å². The van der Waals surface area contributed by atoms with E-state index in [1.807, 2.05) is 0 Å². The molecule has 1 saturated carbocycles. The van der Waals surface area contributed by atoms with Crippen LogP contribution < -0.4 is 5.32 Å². The molecule has 4 unspecified atom stereocenters. The second kappa shape index (κ2) is 6.52. The van der Waals surface area contributed by atoms with Gasteiger partial charge in [0.2, 0.25) is 0 Å². The van der Waals surface area contributed by atoms with E-state index in [4.69, 9.17) is 0 Å². The minimum atomic E-state index is 0.793. The summed E-state index contributed by atoms with van der Waals surface area (Å²) in [5, 5.41) is 3.53. The maximum absolute atomic E-state index is 3.53. The van der Waals surface area contributed by atoms with Gasteiger partial charge in [0.15, 0.2) is 0 Å². The predicted molar refractivity (Wildman–Crippen MR) is 68.0 cm³/mol. The first-order valence-electron chi connectivity index (χ1n) is 6.88. The standard InChI is InChI=1S/C14H29N/c1-5-11(3)9-13-10-12(6-2)7-8-14(13)15-4/h11-15H,5-10H2,1-4H3. The van der Waals surface area contributed by atoms with E-state index in [1.54, 1.807) is 0 Å². The molecule has 0 amide bonds. The van der Waals surface area contributed by atoms with Crippen LogP contribution in [0.3, 0.4) is 0 Å². The van der Waals surface area contributed by atoms with Crippen LogP contribution in [0.4, 0.5) is 0 Å². The first-order chi connectivity index (χ1) is 7.21. The molecular weight excluding hydrogens is 182 g/mol. The lowest BCUT2D eigenvalue weighted by Gasteiger charge is -2.37. The van der Waals surface area contributed by atoms with Crippen molar-refractivity contribution in [1.29, 1.82) is 0 Å². The Morgan fingerprint density at radius 1 is 1.27 bits per heavy atom. The van der Waals surface area contributed by atoms with Gasteiger partial charge in [0, 0.05) is 6.04 Å². The number of rotatable bonds is 5. The maximum atomic E-state index is 3.53. The highest BCUT2D eigenvalue weighted by molar-refractivity contribution is 4.84. The van der Waals surface area contributed by atoms with Crippen molar-refractivity contribution in [3.63, 3.8) is 0 Å². The Balaban J connectivity index is 2.47. The SMILES string of the molecule is CCC(C)CC1CC(CC)CCC1NC. The summed E-state index contributed by atoms with van der Waals surface area (Å²) in [5.41, 5.74) is 0. The molecule has 0 radical (unpaired) electrons. The highest BCUT2D eigenvalue weighted by Gasteiger charge is 2.29. The smallest absolute Gasteiger partial charge is 0.00926 e. The van der Waals surface area contributed by atoms with Crippen molar-refractivity contribution in [3.05, 3.63) is 0 Å². The Morgan fingerprint density at radius 3 is 2.53 bits per heavy atom. The molecule has 0 aromatic heterocycles. The zero-order valence-corrected chi connectivity index (χ0v) is 11.1. The minimum Gasteiger partial charge on any atom is -0.317 e. The summed E-state index contributed by atoms with van der Waals surface area (Å²) < 4.78 is 0. The molecule has 1 N–H and O–H groups in total. The van der Waals surface area contributed by atoms with Gasteiger partial charge in [-0.3, -0.25) is 0 Å². The van der Waals surface area contributed by atoms with Crippen molar-refractivity contribution in [2.24, 2.45) is 17.8 Å².